The lowest BCUT2D eigenvalue weighted by Crippen LogP contribution is -2.43. The third-order valence-corrected chi connectivity index (χ3v) is 6.28. The normalized spacial score (nSPS) is 17.8. The molecule has 4 aromatic rings. The molecule has 0 saturated heterocycles. The van der Waals surface area contributed by atoms with Gasteiger partial charge in [0.15, 0.2) is 0 Å². The summed E-state index contributed by atoms with van der Waals surface area (Å²) in [5.41, 5.74) is 8.64. The summed E-state index contributed by atoms with van der Waals surface area (Å²) in [6.07, 6.45) is 2.10. The number of nitrogens with zero attached hydrogens (tertiary/aromatic N) is 3. The highest BCUT2D eigenvalue weighted by Crippen LogP contribution is 2.34. The van der Waals surface area contributed by atoms with Crippen molar-refractivity contribution in [1.29, 1.82) is 0 Å². The minimum Gasteiger partial charge on any atom is -0.490 e. The molecular weight excluding hydrogens is 428 g/mol. The minimum absolute atomic E-state index is 0.177. The number of nitrogens with two attached hydrogens (primary N) is 1. The molecule has 5 rings (SSSR count). The van der Waals surface area contributed by atoms with Crippen LogP contribution in [-0.4, -0.2) is 27.3 Å². The topological polar surface area (TPSA) is 96.3 Å². The summed E-state index contributed by atoms with van der Waals surface area (Å²) < 4.78 is 17.4. The lowest BCUT2D eigenvalue weighted by Gasteiger charge is -2.33. The van der Waals surface area contributed by atoms with Crippen LogP contribution in [0.2, 0.25) is 0 Å². The Labute approximate surface area is 199 Å². The zero-order valence-electron chi connectivity index (χ0n) is 19.6. The van der Waals surface area contributed by atoms with E-state index in [1.807, 2.05) is 36.4 Å². The number of aryl methyl sites for hydroxylation is 1. The molecule has 7 heteroatoms. The molecule has 34 heavy (non-hydrogen) atoms. The van der Waals surface area contributed by atoms with E-state index < -0.39 is 0 Å². The fourth-order valence-corrected chi connectivity index (χ4v) is 4.06. The summed E-state index contributed by atoms with van der Waals surface area (Å²) in [6, 6.07) is 22.2. The van der Waals surface area contributed by atoms with Gasteiger partial charge >= 0.3 is 0 Å². The first-order valence-corrected chi connectivity index (χ1v) is 11.5. The molecule has 0 aliphatic heterocycles. The molecule has 7 nitrogen and oxygen atoms in total. The van der Waals surface area contributed by atoms with Crippen LogP contribution < -0.4 is 15.2 Å². The summed E-state index contributed by atoms with van der Waals surface area (Å²) in [4.78, 5) is 4.48. The van der Waals surface area contributed by atoms with Gasteiger partial charge in [-0.05, 0) is 54.3 Å². The zero-order chi connectivity index (χ0) is 23.7. The predicted octanol–water partition coefficient (Wildman–Crippen LogP) is 5.43. The first-order valence-electron chi connectivity index (χ1n) is 11.5. The number of pyridine rings is 1. The predicted molar refractivity (Wildman–Crippen MR) is 129 cm³/mol. The number of benzene rings is 2. The van der Waals surface area contributed by atoms with Crippen LogP contribution in [0.3, 0.4) is 0 Å². The third-order valence-electron chi connectivity index (χ3n) is 6.28. The van der Waals surface area contributed by atoms with Crippen molar-refractivity contribution in [2.24, 2.45) is 5.73 Å². The van der Waals surface area contributed by atoms with Gasteiger partial charge in [0.1, 0.15) is 23.3 Å². The SMILES string of the molecule is Cc1nnc(-c2cccc(Oc3ccc(C(C)(C)c4ccc(O[C@H]5C[C@H](N)C5)cc4)cc3)n2)o1. The van der Waals surface area contributed by atoms with Crippen LogP contribution in [0.1, 0.15) is 43.7 Å². The summed E-state index contributed by atoms with van der Waals surface area (Å²) >= 11 is 0. The number of aromatic nitrogens is 3. The molecule has 0 radical (unpaired) electrons. The summed E-state index contributed by atoms with van der Waals surface area (Å²) in [6.45, 7) is 6.16. The molecule has 174 valence electrons. The molecule has 1 aliphatic rings. The van der Waals surface area contributed by atoms with Gasteiger partial charge in [0.05, 0.1) is 0 Å². The minimum atomic E-state index is -0.177. The van der Waals surface area contributed by atoms with E-state index in [1.54, 1.807) is 13.0 Å². The highest BCUT2D eigenvalue weighted by Gasteiger charge is 2.28. The molecule has 2 N–H and O–H groups in total. The Morgan fingerprint density at radius 2 is 1.53 bits per heavy atom. The Bertz CT molecular complexity index is 1260. The zero-order valence-corrected chi connectivity index (χ0v) is 19.6. The van der Waals surface area contributed by atoms with Gasteiger partial charge in [-0.1, -0.05) is 44.2 Å². The number of rotatable bonds is 7. The van der Waals surface area contributed by atoms with Gasteiger partial charge in [0.25, 0.3) is 5.89 Å². The van der Waals surface area contributed by atoms with Gasteiger partial charge in [-0.2, -0.15) is 0 Å². The smallest absolute Gasteiger partial charge is 0.266 e. The molecular formula is C27H28N4O3. The molecule has 2 aromatic carbocycles. The van der Waals surface area contributed by atoms with Crippen molar-refractivity contribution in [1.82, 2.24) is 15.2 Å². The maximum absolute atomic E-state index is 5.99. The Morgan fingerprint density at radius 3 is 2.12 bits per heavy atom. The Hall–Kier alpha value is -3.71. The molecule has 2 heterocycles. The van der Waals surface area contributed by atoms with Gasteiger partial charge < -0.3 is 19.6 Å². The molecule has 0 amide bonds. The number of ether oxygens (including phenoxy) is 2. The first kappa shape index (κ1) is 22.1. The van der Waals surface area contributed by atoms with Crippen LogP contribution in [-0.2, 0) is 5.41 Å². The second-order valence-corrected chi connectivity index (χ2v) is 9.23. The maximum atomic E-state index is 5.99. The van der Waals surface area contributed by atoms with E-state index in [0.717, 1.165) is 18.6 Å². The van der Waals surface area contributed by atoms with E-state index in [4.69, 9.17) is 19.6 Å². The van der Waals surface area contributed by atoms with Gasteiger partial charge in [-0.15, -0.1) is 10.2 Å². The maximum Gasteiger partial charge on any atom is 0.266 e. The fraction of sp³-hybridized carbons (Fsp3) is 0.296. The molecule has 0 atom stereocenters. The summed E-state index contributed by atoms with van der Waals surface area (Å²) in [5.74, 6) is 2.92. The molecule has 1 aliphatic carbocycles. The van der Waals surface area contributed by atoms with E-state index in [1.165, 1.54) is 11.1 Å². The van der Waals surface area contributed by atoms with Gasteiger partial charge in [0, 0.05) is 24.4 Å². The standard InChI is InChI=1S/C27H28N4O3/c1-17-30-31-26(32-17)24-5-4-6-25(29-24)34-22-13-9-19(10-14-22)27(2,3)18-7-11-21(12-8-18)33-23-15-20(28)16-23/h4-14,20,23H,15-16,28H2,1-3H3/t20-,23-. The largest absolute Gasteiger partial charge is 0.490 e. The lowest BCUT2D eigenvalue weighted by atomic mass is 9.78. The van der Waals surface area contributed by atoms with Crippen molar-refractivity contribution in [3.8, 4) is 29.0 Å². The highest BCUT2D eigenvalue weighted by atomic mass is 16.5. The van der Waals surface area contributed by atoms with Crippen LogP contribution in [0.4, 0.5) is 0 Å². The average molecular weight is 457 g/mol. The van der Waals surface area contributed by atoms with Crippen LogP contribution in [0.25, 0.3) is 11.6 Å². The van der Waals surface area contributed by atoms with Crippen molar-refractivity contribution in [2.45, 2.75) is 51.2 Å². The Kier molecular flexibility index (Phi) is 5.79. The second-order valence-electron chi connectivity index (χ2n) is 9.23. The average Bonchev–Trinajstić information content (AvgIpc) is 3.25. The fourth-order valence-electron chi connectivity index (χ4n) is 4.06. The molecule has 1 fully saturated rings. The molecule has 1 saturated carbocycles. The van der Waals surface area contributed by atoms with Crippen LogP contribution in [0, 0.1) is 6.92 Å². The van der Waals surface area contributed by atoms with Gasteiger partial charge in [-0.25, -0.2) is 4.98 Å². The molecule has 0 unspecified atom stereocenters. The van der Waals surface area contributed by atoms with E-state index >= 15 is 0 Å². The summed E-state index contributed by atoms with van der Waals surface area (Å²) in [5, 5.41) is 7.87. The van der Waals surface area contributed by atoms with Crippen molar-refractivity contribution in [2.75, 3.05) is 0 Å². The lowest BCUT2D eigenvalue weighted by molar-refractivity contribution is 0.101. The monoisotopic (exact) mass is 456 g/mol. The highest BCUT2D eigenvalue weighted by molar-refractivity contribution is 5.48. The second kappa shape index (κ2) is 8.91. The first-order chi connectivity index (χ1) is 16.4. The van der Waals surface area contributed by atoms with Gasteiger partial charge in [-0.3, -0.25) is 0 Å². The van der Waals surface area contributed by atoms with E-state index in [9.17, 15) is 0 Å². The van der Waals surface area contributed by atoms with Crippen molar-refractivity contribution >= 4 is 0 Å². The van der Waals surface area contributed by atoms with E-state index in [2.05, 4.69) is 53.3 Å². The van der Waals surface area contributed by atoms with E-state index in [0.29, 0.717) is 29.1 Å². The van der Waals surface area contributed by atoms with Crippen LogP contribution >= 0.6 is 0 Å². The van der Waals surface area contributed by atoms with Gasteiger partial charge in [0.2, 0.25) is 11.8 Å². The van der Waals surface area contributed by atoms with E-state index in [-0.39, 0.29) is 17.6 Å². The Morgan fingerprint density at radius 1 is 0.882 bits per heavy atom. The van der Waals surface area contributed by atoms with Crippen molar-refractivity contribution < 1.29 is 13.9 Å². The van der Waals surface area contributed by atoms with Crippen molar-refractivity contribution in [3.05, 3.63) is 83.7 Å². The quantitative estimate of drug-likeness (QED) is 0.396. The van der Waals surface area contributed by atoms with Crippen molar-refractivity contribution in [3.63, 3.8) is 0 Å². The number of hydrogen-bond donors (Lipinski definition) is 1. The molecule has 0 bridgehead atoms. The number of hydrogen-bond acceptors (Lipinski definition) is 7. The molecule has 2 aromatic heterocycles. The molecule has 0 spiro atoms. The Balaban J connectivity index is 1.27. The summed E-state index contributed by atoms with van der Waals surface area (Å²) in [7, 11) is 0. The van der Waals surface area contributed by atoms with Crippen LogP contribution in [0.15, 0.2) is 71.1 Å². The van der Waals surface area contributed by atoms with Crippen LogP contribution in [0.5, 0.6) is 17.4 Å². The third kappa shape index (κ3) is 4.65.